The lowest BCUT2D eigenvalue weighted by Crippen LogP contribution is -2.11. The number of carbonyl (C=O) groups is 1. The van der Waals surface area contributed by atoms with Crippen molar-refractivity contribution in [1.29, 1.82) is 0 Å². The van der Waals surface area contributed by atoms with E-state index in [0.29, 0.717) is 15.8 Å². The summed E-state index contributed by atoms with van der Waals surface area (Å²) < 4.78 is 0.989. The summed E-state index contributed by atoms with van der Waals surface area (Å²) in [6.07, 6.45) is 0.780. The third-order valence-electron chi connectivity index (χ3n) is 3.28. The summed E-state index contributed by atoms with van der Waals surface area (Å²) in [5, 5.41) is 14.3. The number of benzene rings is 1. The highest BCUT2D eigenvalue weighted by atomic mass is 35.5. The Bertz CT molecular complexity index is 650. The van der Waals surface area contributed by atoms with Gasteiger partial charge in [-0.1, -0.05) is 18.5 Å². The highest BCUT2D eigenvalue weighted by Crippen LogP contribution is 2.42. The van der Waals surface area contributed by atoms with Gasteiger partial charge in [0.05, 0.1) is 10.7 Å². The Morgan fingerprint density at radius 2 is 2.33 bits per heavy atom. The minimum absolute atomic E-state index is 0.393. The van der Waals surface area contributed by atoms with E-state index in [0.717, 1.165) is 34.3 Å². The van der Waals surface area contributed by atoms with Gasteiger partial charge >= 0.3 is 5.97 Å². The highest BCUT2D eigenvalue weighted by molar-refractivity contribution is 7.21. The topological polar surface area (TPSA) is 49.3 Å². The Balaban J connectivity index is 2.39. The second-order valence-corrected chi connectivity index (χ2v) is 6.16. The molecule has 0 radical (unpaired) electrons. The second-order valence-electron chi connectivity index (χ2n) is 4.70. The molecule has 2 heterocycles. The fourth-order valence-electron chi connectivity index (χ4n) is 2.47. The Morgan fingerprint density at radius 3 is 3.06 bits per heavy atom. The molecule has 0 fully saturated rings. The van der Waals surface area contributed by atoms with Gasteiger partial charge in [-0.15, -0.1) is 11.3 Å². The number of nitrogens with one attached hydrogen (secondary N) is 1. The van der Waals surface area contributed by atoms with E-state index in [1.807, 2.05) is 12.1 Å². The van der Waals surface area contributed by atoms with Crippen molar-refractivity contribution in [3.05, 3.63) is 27.6 Å². The van der Waals surface area contributed by atoms with E-state index in [1.165, 1.54) is 11.3 Å². The maximum Gasteiger partial charge on any atom is 0.346 e. The molecule has 1 aromatic heterocycles. The molecule has 1 aromatic carbocycles. The van der Waals surface area contributed by atoms with Gasteiger partial charge in [0, 0.05) is 16.6 Å². The number of hydrogen-bond donors (Lipinski definition) is 2. The number of aromatic carboxylic acids is 1. The molecule has 18 heavy (non-hydrogen) atoms. The molecule has 0 aliphatic carbocycles. The molecule has 0 spiro atoms. The molecule has 5 heteroatoms. The van der Waals surface area contributed by atoms with Crippen LogP contribution in [0.5, 0.6) is 0 Å². The predicted octanol–water partition coefficient (Wildman–Crippen LogP) is 3.86. The van der Waals surface area contributed by atoms with Gasteiger partial charge in [-0.3, -0.25) is 0 Å². The Kier molecular flexibility index (Phi) is 2.72. The third kappa shape index (κ3) is 1.68. The quantitative estimate of drug-likeness (QED) is 0.834. The van der Waals surface area contributed by atoms with Gasteiger partial charge in [0.25, 0.3) is 0 Å². The van der Waals surface area contributed by atoms with Crippen LogP contribution in [0.2, 0.25) is 5.02 Å². The molecule has 0 saturated heterocycles. The van der Waals surface area contributed by atoms with Crippen LogP contribution in [-0.2, 0) is 6.42 Å². The van der Waals surface area contributed by atoms with Gasteiger partial charge < -0.3 is 10.4 Å². The Hall–Kier alpha value is -1.26. The number of hydrogen-bond acceptors (Lipinski definition) is 3. The van der Waals surface area contributed by atoms with Gasteiger partial charge in [-0.2, -0.15) is 0 Å². The van der Waals surface area contributed by atoms with Crippen molar-refractivity contribution in [3.8, 4) is 0 Å². The predicted molar refractivity (Wildman–Crippen MR) is 75.2 cm³/mol. The maximum atomic E-state index is 11.3. The van der Waals surface area contributed by atoms with Crippen LogP contribution in [0.3, 0.4) is 0 Å². The van der Waals surface area contributed by atoms with Gasteiger partial charge in [0.15, 0.2) is 0 Å². The fraction of sp³-hybridized carbons (Fsp3) is 0.308. The Labute approximate surface area is 113 Å². The van der Waals surface area contributed by atoms with Crippen LogP contribution in [-0.4, -0.2) is 17.6 Å². The summed E-state index contributed by atoms with van der Waals surface area (Å²) in [4.78, 5) is 11.8. The summed E-state index contributed by atoms with van der Waals surface area (Å²) in [6.45, 7) is 2.93. The normalized spacial score (nSPS) is 18.4. The van der Waals surface area contributed by atoms with Crippen LogP contribution in [0.4, 0.5) is 5.69 Å². The van der Waals surface area contributed by atoms with E-state index in [1.54, 1.807) is 0 Å². The summed E-state index contributed by atoms with van der Waals surface area (Å²) in [7, 11) is 0. The molecule has 0 amide bonds. The average Bonchev–Trinajstić information content (AvgIpc) is 2.57. The van der Waals surface area contributed by atoms with Crippen LogP contribution < -0.4 is 5.32 Å². The Morgan fingerprint density at radius 1 is 1.56 bits per heavy atom. The SMILES string of the molecule is CC1CNc2c(Cl)ccc3sc(C(=O)O)c(c23)C1. The number of rotatable bonds is 1. The highest BCUT2D eigenvalue weighted by Gasteiger charge is 2.25. The van der Waals surface area contributed by atoms with E-state index >= 15 is 0 Å². The number of halogens is 1. The summed E-state index contributed by atoms with van der Waals surface area (Å²) >= 11 is 7.55. The minimum atomic E-state index is -0.845. The minimum Gasteiger partial charge on any atom is -0.477 e. The molecule has 1 atom stereocenters. The van der Waals surface area contributed by atoms with Crippen molar-refractivity contribution in [2.75, 3.05) is 11.9 Å². The first-order chi connectivity index (χ1) is 8.58. The first-order valence-electron chi connectivity index (χ1n) is 5.79. The summed E-state index contributed by atoms with van der Waals surface area (Å²) in [5.74, 6) is -0.452. The summed E-state index contributed by atoms with van der Waals surface area (Å²) in [6, 6.07) is 3.73. The van der Waals surface area contributed by atoms with E-state index in [4.69, 9.17) is 11.6 Å². The molecule has 2 N–H and O–H groups in total. The molecular weight excluding hydrogens is 270 g/mol. The van der Waals surface area contributed by atoms with Crippen LogP contribution in [0, 0.1) is 5.92 Å². The zero-order valence-electron chi connectivity index (χ0n) is 9.79. The molecule has 3 nitrogen and oxygen atoms in total. The lowest BCUT2D eigenvalue weighted by molar-refractivity contribution is 0.0701. The number of anilines is 1. The molecule has 1 aliphatic heterocycles. The van der Waals surface area contributed by atoms with E-state index in [9.17, 15) is 9.90 Å². The van der Waals surface area contributed by atoms with Crippen LogP contribution >= 0.6 is 22.9 Å². The smallest absolute Gasteiger partial charge is 0.346 e. The lowest BCUT2D eigenvalue weighted by Gasteiger charge is -2.09. The molecule has 94 valence electrons. The van der Waals surface area contributed by atoms with E-state index in [-0.39, 0.29) is 0 Å². The number of thiophene rings is 1. The first-order valence-corrected chi connectivity index (χ1v) is 6.98. The zero-order valence-corrected chi connectivity index (χ0v) is 11.4. The molecule has 0 bridgehead atoms. The molecule has 0 saturated carbocycles. The van der Waals surface area contributed by atoms with Crippen molar-refractivity contribution in [1.82, 2.24) is 0 Å². The van der Waals surface area contributed by atoms with E-state index in [2.05, 4.69) is 12.2 Å². The van der Waals surface area contributed by atoms with Crippen molar-refractivity contribution < 1.29 is 9.90 Å². The van der Waals surface area contributed by atoms with Crippen LogP contribution in [0.1, 0.15) is 22.2 Å². The molecule has 2 aromatic rings. The summed E-state index contributed by atoms with van der Waals surface area (Å²) in [5.41, 5.74) is 1.81. The monoisotopic (exact) mass is 281 g/mol. The van der Waals surface area contributed by atoms with Gasteiger partial charge in [-0.25, -0.2) is 4.79 Å². The molecule has 3 rings (SSSR count). The van der Waals surface area contributed by atoms with Crippen molar-refractivity contribution in [2.24, 2.45) is 5.92 Å². The van der Waals surface area contributed by atoms with Crippen LogP contribution in [0.15, 0.2) is 12.1 Å². The third-order valence-corrected chi connectivity index (χ3v) is 4.78. The number of carboxylic acid groups (broad SMARTS) is 1. The lowest BCUT2D eigenvalue weighted by atomic mass is 10.00. The fourth-order valence-corrected chi connectivity index (χ4v) is 3.77. The molecule has 1 aliphatic rings. The van der Waals surface area contributed by atoms with Crippen molar-refractivity contribution >= 4 is 44.7 Å². The van der Waals surface area contributed by atoms with Gasteiger partial charge in [0.1, 0.15) is 4.88 Å². The standard InChI is InChI=1S/C13H12ClNO2S/c1-6-4-7-10-9(18-12(7)13(16)17)3-2-8(14)11(10)15-5-6/h2-3,6,15H,4-5H2,1H3,(H,16,17). The number of carboxylic acids is 1. The van der Waals surface area contributed by atoms with Gasteiger partial charge in [-0.05, 0) is 30.0 Å². The average molecular weight is 282 g/mol. The zero-order chi connectivity index (χ0) is 12.9. The second kappa shape index (κ2) is 4.14. The largest absolute Gasteiger partial charge is 0.477 e. The van der Waals surface area contributed by atoms with Crippen molar-refractivity contribution in [2.45, 2.75) is 13.3 Å². The van der Waals surface area contributed by atoms with Gasteiger partial charge in [0.2, 0.25) is 0 Å². The molecule has 1 unspecified atom stereocenters. The van der Waals surface area contributed by atoms with E-state index < -0.39 is 5.97 Å². The van der Waals surface area contributed by atoms with Crippen LogP contribution in [0.25, 0.3) is 10.1 Å². The molecular formula is C13H12ClNO2S. The maximum absolute atomic E-state index is 11.3. The first kappa shape index (κ1) is 11.8. The van der Waals surface area contributed by atoms with Crippen molar-refractivity contribution in [3.63, 3.8) is 0 Å².